The summed E-state index contributed by atoms with van der Waals surface area (Å²) in [5.74, 6) is -0.323. The van der Waals surface area contributed by atoms with Crippen LogP contribution in [0.5, 0.6) is 0 Å². The van der Waals surface area contributed by atoms with Gasteiger partial charge in [0.25, 0.3) is 5.91 Å². The van der Waals surface area contributed by atoms with E-state index in [4.69, 9.17) is 11.6 Å². The number of carbonyl (C=O) groups is 3. The number of nitrogens with one attached hydrogen (secondary N) is 1. The molecule has 3 amide bonds. The Balaban J connectivity index is 1.49. The molecule has 0 aliphatic carbocycles. The molecule has 0 spiro atoms. The number of anilines is 1. The lowest BCUT2D eigenvalue weighted by Crippen LogP contribution is -2.53. The molecule has 1 aliphatic rings. The topological polar surface area (TPSA) is 69.7 Å². The summed E-state index contributed by atoms with van der Waals surface area (Å²) in [6, 6.07) is 18.4. The van der Waals surface area contributed by atoms with Crippen molar-refractivity contribution >= 4 is 45.8 Å². The van der Waals surface area contributed by atoms with Gasteiger partial charge in [0.1, 0.15) is 6.04 Å². The van der Waals surface area contributed by atoms with E-state index in [1.54, 1.807) is 21.9 Å². The van der Waals surface area contributed by atoms with E-state index >= 15 is 0 Å². The number of amides is 3. The van der Waals surface area contributed by atoms with Crippen molar-refractivity contribution in [2.24, 2.45) is 0 Å². The van der Waals surface area contributed by atoms with Crippen LogP contribution in [-0.4, -0.2) is 40.7 Å². The third-order valence-electron chi connectivity index (χ3n) is 6.57. The lowest BCUT2D eigenvalue weighted by molar-refractivity contribution is -0.142. The largest absolute Gasteiger partial charge is 0.350 e. The molecule has 1 heterocycles. The highest BCUT2D eigenvalue weighted by Crippen LogP contribution is 2.37. The van der Waals surface area contributed by atoms with E-state index in [0.717, 1.165) is 22.0 Å². The molecule has 7 heteroatoms. The summed E-state index contributed by atoms with van der Waals surface area (Å²) in [5.41, 5.74) is 2.08. The van der Waals surface area contributed by atoms with Crippen molar-refractivity contribution in [1.29, 1.82) is 0 Å². The Bertz CT molecular complexity index is 1310. The van der Waals surface area contributed by atoms with Crippen molar-refractivity contribution in [2.45, 2.75) is 65.1 Å². The van der Waals surface area contributed by atoms with Crippen molar-refractivity contribution in [3.8, 4) is 0 Å². The number of halogens is 1. The van der Waals surface area contributed by atoms with Crippen LogP contribution in [0.25, 0.3) is 10.8 Å². The maximum absolute atomic E-state index is 13.6. The average Bonchev–Trinajstić information content (AvgIpc) is 3.12. The van der Waals surface area contributed by atoms with E-state index in [2.05, 4.69) is 5.32 Å². The van der Waals surface area contributed by atoms with Crippen LogP contribution in [0.4, 0.5) is 5.69 Å². The second-order valence-corrected chi connectivity index (χ2v) is 11.0. The highest BCUT2D eigenvalue weighted by molar-refractivity contribution is 6.30. The Labute approximate surface area is 223 Å². The maximum atomic E-state index is 13.6. The number of nitrogens with zero attached hydrogens (tertiary/aromatic N) is 2. The molecule has 37 heavy (non-hydrogen) atoms. The first-order valence-corrected chi connectivity index (χ1v) is 13.2. The van der Waals surface area contributed by atoms with Gasteiger partial charge < -0.3 is 15.1 Å². The number of hydrogen-bond donors (Lipinski definition) is 1. The van der Waals surface area contributed by atoms with Gasteiger partial charge in [0.2, 0.25) is 11.8 Å². The summed E-state index contributed by atoms with van der Waals surface area (Å²) < 4.78 is 0. The summed E-state index contributed by atoms with van der Waals surface area (Å²) in [6.07, 6.45) is 1.20. The Morgan fingerprint density at radius 2 is 1.70 bits per heavy atom. The van der Waals surface area contributed by atoms with Gasteiger partial charge in [-0.1, -0.05) is 54.9 Å². The van der Waals surface area contributed by atoms with Gasteiger partial charge in [-0.25, -0.2) is 0 Å². The molecular weight excluding hydrogens is 486 g/mol. The molecule has 0 saturated heterocycles. The normalized spacial score (nSPS) is 13.6. The van der Waals surface area contributed by atoms with E-state index in [-0.39, 0.29) is 24.1 Å². The third kappa shape index (κ3) is 5.96. The van der Waals surface area contributed by atoms with Crippen LogP contribution < -0.4 is 10.2 Å². The zero-order valence-electron chi connectivity index (χ0n) is 21.9. The van der Waals surface area contributed by atoms with E-state index in [0.29, 0.717) is 36.5 Å². The predicted molar refractivity (Wildman–Crippen MR) is 149 cm³/mol. The summed E-state index contributed by atoms with van der Waals surface area (Å²) in [6.45, 7) is 8.42. The van der Waals surface area contributed by atoms with Gasteiger partial charge in [0, 0.05) is 41.0 Å². The zero-order valence-corrected chi connectivity index (χ0v) is 22.6. The molecule has 194 valence electrons. The van der Waals surface area contributed by atoms with Gasteiger partial charge >= 0.3 is 0 Å². The van der Waals surface area contributed by atoms with Gasteiger partial charge in [-0.15, -0.1) is 0 Å². The number of rotatable bonds is 9. The Kier molecular flexibility index (Phi) is 7.88. The number of hydrogen-bond acceptors (Lipinski definition) is 3. The average molecular weight is 520 g/mol. The molecule has 0 bridgehead atoms. The van der Waals surface area contributed by atoms with Crippen molar-refractivity contribution in [3.63, 3.8) is 0 Å². The van der Waals surface area contributed by atoms with Crippen molar-refractivity contribution < 1.29 is 14.4 Å². The quantitative estimate of drug-likeness (QED) is 0.379. The van der Waals surface area contributed by atoms with Crippen LogP contribution in [0.15, 0.2) is 60.7 Å². The van der Waals surface area contributed by atoms with Crippen LogP contribution in [0.3, 0.4) is 0 Å². The highest BCUT2D eigenvalue weighted by atomic mass is 35.5. The molecule has 3 aromatic rings. The Morgan fingerprint density at radius 3 is 2.35 bits per heavy atom. The molecule has 0 fully saturated rings. The molecule has 4 rings (SSSR count). The van der Waals surface area contributed by atoms with Gasteiger partial charge in [-0.05, 0) is 68.8 Å². The molecule has 1 atom stereocenters. The van der Waals surface area contributed by atoms with Crippen LogP contribution in [-0.2, 0) is 16.1 Å². The van der Waals surface area contributed by atoms with Crippen molar-refractivity contribution in [3.05, 3.63) is 76.8 Å². The molecule has 3 aromatic carbocycles. The summed E-state index contributed by atoms with van der Waals surface area (Å²) in [7, 11) is 0. The maximum Gasteiger partial charge on any atom is 0.258 e. The summed E-state index contributed by atoms with van der Waals surface area (Å²) in [4.78, 5) is 43.2. The fraction of sp³-hybridized carbons (Fsp3) is 0.367. The molecule has 0 radical (unpaired) electrons. The van der Waals surface area contributed by atoms with Crippen molar-refractivity contribution in [1.82, 2.24) is 10.2 Å². The van der Waals surface area contributed by atoms with Gasteiger partial charge in [-0.2, -0.15) is 0 Å². The second kappa shape index (κ2) is 10.9. The first-order chi connectivity index (χ1) is 17.6. The minimum absolute atomic E-state index is 0.0340. The lowest BCUT2D eigenvalue weighted by atomic mass is 10.0. The standard InChI is InChI=1S/C30H34ClN3O3/c1-5-24(28(36)32-30(2,3)4)34(19-20-14-16-22(31)17-15-20)26(35)13-8-18-33-25-12-7-10-21-9-6-11-23(27(21)25)29(33)37/h6-7,9-12,14-17,24H,5,8,13,18-19H2,1-4H3,(H,32,36)/t24-/m1/s1. The molecule has 0 aromatic heterocycles. The summed E-state index contributed by atoms with van der Waals surface area (Å²) >= 11 is 6.05. The van der Waals surface area contributed by atoms with Gasteiger partial charge in [-0.3, -0.25) is 14.4 Å². The Morgan fingerprint density at radius 1 is 1.03 bits per heavy atom. The minimum Gasteiger partial charge on any atom is -0.350 e. The summed E-state index contributed by atoms with van der Waals surface area (Å²) in [5, 5.41) is 5.64. The monoisotopic (exact) mass is 519 g/mol. The van der Waals surface area contributed by atoms with Crippen molar-refractivity contribution in [2.75, 3.05) is 11.4 Å². The molecule has 0 unspecified atom stereocenters. The predicted octanol–water partition coefficient (Wildman–Crippen LogP) is 5.96. The van der Waals surface area contributed by atoms with Gasteiger partial charge in [0.05, 0.1) is 5.69 Å². The van der Waals surface area contributed by atoms with Crippen LogP contribution >= 0.6 is 11.6 Å². The van der Waals surface area contributed by atoms with E-state index in [1.807, 2.05) is 76.2 Å². The fourth-order valence-corrected chi connectivity index (χ4v) is 5.02. The SMILES string of the molecule is CC[C@H](C(=O)NC(C)(C)C)N(Cc1ccc(Cl)cc1)C(=O)CCCN1C(=O)c2cccc3cccc1c23. The Hall–Kier alpha value is -3.38. The number of carbonyl (C=O) groups excluding carboxylic acids is 3. The second-order valence-electron chi connectivity index (χ2n) is 10.6. The zero-order chi connectivity index (χ0) is 26.7. The first kappa shape index (κ1) is 26.7. The molecule has 0 saturated carbocycles. The van der Waals surface area contributed by atoms with E-state index in [1.165, 1.54) is 0 Å². The smallest absolute Gasteiger partial charge is 0.258 e. The van der Waals surface area contributed by atoms with Crippen LogP contribution in [0.2, 0.25) is 5.02 Å². The lowest BCUT2D eigenvalue weighted by Gasteiger charge is -2.33. The van der Waals surface area contributed by atoms with Crippen LogP contribution in [0, 0.1) is 0 Å². The first-order valence-electron chi connectivity index (χ1n) is 12.8. The van der Waals surface area contributed by atoms with Gasteiger partial charge in [0.15, 0.2) is 0 Å². The minimum atomic E-state index is -0.603. The fourth-order valence-electron chi connectivity index (χ4n) is 4.89. The molecule has 1 aliphatic heterocycles. The number of benzene rings is 3. The van der Waals surface area contributed by atoms with E-state index in [9.17, 15) is 14.4 Å². The highest BCUT2D eigenvalue weighted by Gasteiger charge is 2.32. The molecule has 6 nitrogen and oxygen atoms in total. The molecular formula is C30H34ClN3O3. The van der Waals surface area contributed by atoms with Crippen LogP contribution in [0.1, 0.15) is 62.9 Å². The molecule has 1 N–H and O–H groups in total. The third-order valence-corrected chi connectivity index (χ3v) is 6.82. The van der Waals surface area contributed by atoms with E-state index < -0.39 is 11.6 Å².